The van der Waals surface area contributed by atoms with E-state index in [1.54, 1.807) is 11.3 Å². The lowest BCUT2D eigenvalue weighted by molar-refractivity contribution is 0.734. The van der Waals surface area contributed by atoms with Crippen molar-refractivity contribution in [3.63, 3.8) is 0 Å². The molecule has 0 bridgehead atoms. The summed E-state index contributed by atoms with van der Waals surface area (Å²) in [6, 6.07) is 8.29. The first-order chi connectivity index (χ1) is 9.38. The van der Waals surface area contributed by atoms with E-state index < -0.39 is 0 Å². The number of rotatable bonds is 4. The molecule has 0 amide bonds. The van der Waals surface area contributed by atoms with Crippen molar-refractivity contribution in [2.75, 3.05) is 6.54 Å². The van der Waals surface area contributed by atoms with Crippen LogP contribution in [0.2, 0.25) is 0 Å². The van der Waals surface area contributed by atoms with Crippen molar-refractivity contribution in [2.45, 2.75) is 13.5 Å². The fraction of sp³-hybridized carbons (Fsp3) is 0.200. The van der Waals surface area contributed by atoms with Crippen LogP contribution in [0.4, 0.5) is 0 Å². The zero-order valence-corrected chi connectivity index (χ0v) is 11.6. The van der Waals surface area contributed by atoms with Gasteiger partial charge in [-0.3, -0.25) is 4.98 Å². The molecule has 3 nitrogen and oxygen atoms in total. The molecule has 0 saturated heterocycles. The molecule has 0 atom stereocenters. The minimum absolute atomic E-state index is 0.881. The van der Waals surface area contributed by atoms with Gasteiger partial charge >= 0.3 is 0 Å². The lowest BCUT2D eigenvalue weighted by atomic mass is 10.1. The second kappa shape index (κ2) is 5.47. The minimum Gasteiger partial charge on any atom is -0.312 e. The first kappa shape index (κ1) is 12.3. The van der Waals surface area contributed by atoms with Crippen LogP contribution in [-0.4, -0.2) is 16.5 Å². The summed E-state index contributed by atoms with van der Waals surface area (Å²) in [7, 11) is 0. The molecule has 0 spiro atoms. The van der Waals surface area contributed by atoms with E-state index in [1.165, 1.54) is 10.3 Å². The predicted molar refractivity (Wildman–Crippen MR) is 80.2 cm³/mol. The molecule has 0 radical (unpaired) electrons. The van der Waals surface area contributed by atoms with Gasteiger partial charge in [0.25, 0.3) is 0 Å². The maximum Gasteiger partial charge on any atom is 0.125 e. The van der Waals surface area contributed by atoms with Crippen LogP contribution in [0.3, 0.4) is 0 Å². The maximum absolute atomic E-state index is 4.53. The van der Waals surface area contributed by atoms with Gasteiger partial charge in [-0.05, 0) is 11.9 Å². The molecule has 2 heterocycles. The molecule has 1 aromatic carbocycles. The van der Waals surface area contributed by atoms with E-state index in [0.717, 1.165) is 29.0 Å². The number of pyridine rings is 1. The summed E-state index contributed by atoms with van der Waals surface area (Å²) in [5.41, 5.74) is 1.12. The van der Waals surface area contributed by atoms with Crippen molar-refractivity contribution in [2.24, 2.45) is 0 Å². The zero-order valence-electron chi connectivity index (χ0n) is 10.8. The van der Waals surface area contributed by atoms with Crippen LogP contribution < -0.4 is 5.32 Å². The van der Waals surface area contributed by atoms with E-state index in [-0.39, 0.29) is 0 Å². The fourth-order valence-corrected chi connectivity index (χ4v) is 2.95. The maximum atomic E-state index is 4.53. The highest BCUT2D eigenvalue weighted by Gasteiger charge is 2.08. The van der Waals surface area contributed by atoms with E-state index in [0.29, 0.717) is 0 Å². The van der Waals surface area contributed by atoms with Crippen LogP contribution in [0.15, 0.2) is 42.9 Å². The van der Waals surface area contributed by atoms with Gasteiger partial charge in [0.15, 0.2) is 0 Å². The Bertz CT molecular complexity index is 685. The van der Waals surface area contributed by atoms with E-state index in [9.17, 15) is 0 Å². The second-order valence-corrected chi connectivity index (χ2v) is 5.44. The fourth-order valence-electron chi connectivity index (χ4n) is 2.05. The van der Waals surface area contributed by atoms with Gasteiger partial charge in [-0.15, -0.1) is 11.3 Å². The average Bonchev–Trinajstić information content (AvgIpc) is 2.93. The van der Waals surface area contributed by atoms with Crippen LogP contribution in [-0.2, 0) is 6.54 Å². The molecule has 0 aliphatic carbocycles. The molecule has 1 N–H and O–H groups in total. The number of thiazole rings is 1. The molecular formula is C15H15N3S. The Labute approximate surface area is 116 Å². The molecule has 4 heteroatoms. The van der Waals surface area contributed by atoms with Crippen molar-refractivity contribution in [3.05, 3.63) is 47.7 Å². The van der Waals surface area contributed by atoms with Crippen LogP contribution in [0.1, 0.15) is 11.8 Å². The summed E-state index contributed by atoms with van der Waals surface area (Å²) < 4.78 is 0. The first-order valence-corrected chi connectivity index (χ1v) is 7.18. The van der Waals surface area contributed by atoms with Gasteiger partial charge in [0.1, 0.15) is 5.01 Å². The monoisotopic (exact) mass is 269 g/mol. The van der Waals surface area contributed by atoms with E-state index in [2.05, 4.69) is 40.4 Å². The van der Waals surface area contributed by atoms with Crippen LogP contribution in [0, 0.1) is 0 Å². The number of aromatic nitrogens is 2. The van der Waals surface area contributed by atoms with Crippen molar-refractivity contribution in [1.82, 2.24) is 15.3 Å². The number of hydrogen-bond acceptors (Lipinski definition) is 4. The SMILES string of the molecule is CCNCc1cnc(-c2cncc3ccccc23)s1. The first-order valence-electron chi connectivity index (χ1n) is 6.37. The highest BCUT2D eigenvalue weighted by Crippen LogP contribution is 2.30. The molecular weight excluding hydrogens is 254 g/mol. The Morgan fingerprint density at radius 3 is 2.95 bits per heavy atom. The van der Waals surface area contributed by atoms with Crippen LogP contribution in [0.5, 0.6) is 0 Å². The molecule has 3 rings (SSSR count). The summed E-state index contributed by atoms with van der Waals surface area (Å²) in [5.74, 6) is 0. The number of hydrogen-bond donors (Lipinski definition) is 1. The van der Waals surface area contributed by atoms with Gasteiger partial charge in [-0.25, -0.2) is 4.98 Å². The Morgan fingerprint density at radius 2 is 2.05 bits per heavy atom. The zero-order chi connectivity index (χ0) is 13.1. The smallest absolute Gasteiger partial charge is 0.125 e. The lowest BCUT2D eigenvalue weighted by Gasteiger charge is -2.02. The molecule has 0 saturated carbocycles. The van der Waals surface area contributed by atoms with Crippen LogP contribution in [0.25, 0.3) is 21.3 Å². The highest BCUT2D eigenvalue weighted by molar-refractivity contribution is 7.15. The van der Waals surface area contributed by atoms with E-state index in [1.807, 2.05) is 24.7 Å². The second-order valence-electron chi connectivity index (χ2n) is 4.32. The average molecular weight is 269 g/mol. The topological polar surface area (TPSA) is 37.8 Å². The molecule has 96 valence electrons. The highest BCUT2D eigenvalue weighted by atomic mass is 32.1. The molecule has 0 aliphatic rings. The van der Waals surface area contributed by atoms with Gasteiger partial charge in [-0.2, -0.15) is 0 Å². The number of fused-ring (bicyclic) bond motifs is 1. The van der Waals surface area contributed by atoms with Crippen LogP contribution >= 0.6 is 11.3 Å². The number of nitrogens with zero attached hydrogens (tertiary/aromatic N) is 2. The standard InChI is InChI=1S/C15H15N3S/c1-2-16-8-12-9-18-15(19-12)14-10-17-7-11-5-3-4-6-13(11)14/h3-7,9-10,16H,2,8H2,1H3. The van der Waals surface area contributed by atoms with Gasteiger partial charge in [0.2, 0.25) is 0 Å². The van der Waals surface area contributed by atoms with Gasteiger partial charge in [-0.1, -0.05) is 31.2 Å². The molecule has 19 heavy (non-hydrogen) atoms. The lowest BCUT2D eigenvalue weighted by Crippen LogP contribution is -2.10. The molecule has 3 aromatic rings. The number of benzene rings is 1. The third kappa shape index (κ3) is 2.50. The summed E-state index contributed by atoms with van der Waals surface area (Å²) in [5, 5.41) is 6.73. The Kier molecular flexibility index (Phi) is 3.53. The number of nitrogens with one attached hydrogen (secondary N) is 1. The van der Waals surface area contributed by atoms with Gasteiger partial charge in [0, 0.05) is 41.0 Å². The molecule has 0 unspecified atom stereocenters. The minimum atomic E-state index is 0.881. The summed E-state index contributed by atoms with van der Waals surface area (Å²) in [6.45, 7) is 3.96. The Hall–Kier alpha value is -1.78. The largest absolute Gasteiger partial charge is 0.312 e. The molecule has 0 fully saturated rings. The van der Waals surface area contributed by atoms with Crippen molar-refractivity contribution in [3.8, 4) is 10.6 Å². The molecule has 2 aromatic heterocycles. The summed E-state index contributed by atoms with van der Waals surface area (Å²) in [4.78, 5) is 10.1. The van der Waals surface area contributed by atoms with E-state index in [4.69, 9.17) is 0 Å². The third-order valence-electron chi connectivity index (χ3n) is 3.00. The van der Waals surface area contributed by atoms with Crippen molar-refractivity contribution >= 4 is 22.1 Å². The van der Waals surface area contributed by atoms with Gasteiger partial charge in [0.05, 0.1) is 0 Å². The summed E-state index contributed by atoms with van der Waals surface area (Å²) >= 11 is 1.73. The Balaban J connectivity index is 2.02. The van der Waals surface area contributed by atoms with Gasteiger partial charge < -0.3 is 5.32 Å². The third-order valence-corrected chi connectivity index (χ3v) is 4.03. The van der Waals surface area contributed by atoms with E-state index >= 15 is 0 Å². The van der Waals surface area contributed by atoms with Crippen molar-refractivity contribution < 1.29 is 0 Å². The quantitative estimate of drug-likeness (QED) is 0.788. The normalized spacial score (nSPS) is 11.0. The Morgan fingerprint density at radius 1 is 1.16 bits per heavy atom. The molecule has 0 aliphatic heterocycles. The van der Waals surface area contributed by atoms with Crippen molar-refractivity contribution in [1.29, 1.82) is 0 Å². The summed E-state index contributed by atoms with van der Waals surface area (Å²) in [6.07, 6.45) is 5.74. The predicted octanol–water partition coefficient (Wildman–Crippen LogP) is 3.47.